The van der Waals surface area contributed by atoms with E-state index in [9.17, 15) is 4.79 Å². The summed E-state index contributed by atoms with van der Waals surface area (Å²) in [4.78, 5) is 11.7. The number of hydrogen-bond donors (Lipinski definition) is 1. The number of rotatable bonds is 4. The third-order valence-corrected chi connectivity index (χ3v) is 3.76. The number of carbonyl (C=O) groups excluding carboxylic acids is 1. The molecule has 0 fully saturated rings. The lowest BCUT2D eigenvalue weighted by molar-refractivity contribution is 0.0460. The number of ether oxygens (including phenoxy) is 2. The van der Waals surface area contributed by atoms with E-state index in [2.05, 4.69) is 26.3 Å². The molecule has 0 radical (unpaired) electrons. The van der Waals surface area contributed by atoms with Gasteiger partial charge in [0.25, 0.3) is 0 Å². The minimum atomic E-state index is -0.518. The van der Waals surface area contributed by atoms with Gasteiger partial charge < -0.3 is 14.8 Å². The lowest BCUT2D eigenvalue weighted by Crippen LogP contribution is -2.44. The van der Waals surface area contributed by atoms with E-state index in [1.807, 2.05) is 48.6 Å². The van der Waals surface area contributed by atoms with Crippen LogP contribution in [0.3, 0.4) is 0 Å². The molecular weight excluding hydrogens is 338 g/mol. The summed E-state index contributed by atoms with van der Waals surface area (Å²) in [7, 11) is 1.81. The van der Waals surface area contributed by atoms with E-state index in [4.69, 9.17) is 9.47 Å². The Morgan fingerprint density at radius 1 is 1.38 bits per heavy atom. The van der Waals surface area contributed by atoms with Crippen molar-refractivity contribution in [2.24, 2.45) is 7.05 Å². The van der Waals surface area contributed by atoms with Gasteiger partial charge in [0.1, 0.15) is 16.2 Å². The van der Waals surface area contributed by atoms with Crippen molar-refractivity contribution in [2.75, 3.05) is 0 Å². The molecule has 0 aromatic carbocycles. The Morgan fingerprint density at radius 3 is 2.38 bits per heavy atom. The molecule has 1 aromatic heterocycles. The lowest BCUT2D eigenvalue weighted by Gasteiger charge is -2.25. The molecule has 0 saturated carbocycles. The second-order valence-corrected chi connectivity index (χ2v) is 6.88. The molecule has 21 heavy (non-hydrogen) atoms. The van der Waals surface area contributed by atoms with Gasteiger partial charge in [0, 0.05) is 7.05 Å². The summed E-state index contributed by atoms with van der Waals surface area (Å²) in [5.74, 6) is 0.637. The predicted octanol–water partition coefficient (Wildman–Crippen LogP) is 3.17. The van der Waals surface area contributed by atoms with Gasteiger partial charge in [-0.05, 0) is 57.5 Å². The van der Waals surface area contributed by atoms with E-state index >= 15 is 0 Å². The summed E-state index contributed by atoms with van der Waals surface area (Å²) in [6, 6.07) is -0.207. The topological polar surface area (TPSA) is 65.4 Å². The summed E-state index contributed by atoms with van der Waals surface area (Å²) >= 11 is 3.45. The van der Waals surface area contributed by atoms with Crippen molar-refractivity contribution >= 4 is 22.0 Å². The average molecular weight is 362 g/mol. The van der Waals surface area contributed by atoms with Gasteiger partial charge in [0.15, 0.2) is 0 Å². The molecular formula is C14H24BrN3O3. The number of hydrogen-bond acceptors (Lipinski definition) is 4. The van der Waals surface area contributed by atoms with Gasteiger partial charge >= 0.3 is 6.09 Å². The first-order chi connectivity index (χ1) is 9.51. The molecule has 0 spiro atoms. The van der Waals surface area contributed by atoms with Gasteiger partial charge in [0.05, 0.1) is 11.7 Å². The molecule has 0 aliphatic carbocycles. The Hall–Kier alpha value is -1.24. The first kappa shape index (κ1) is 17.8. The Bertz CT molecular complexity index is 508. The number of carbonyl (C=O) groups is 1. The molecule has 1 heterocycles. The minimum Gasteiger partial charge on any atom is -0.472 e. The number of halogens is 1. The fourth-order valence-electron chi connectivity index (χ4n) is 1.63. The molecule has 0 bridgehead atoms. The number of aromatic nitrogens is 2. The van der Waals surface area contributed by atoms with Gasteiger partial charge in [-0.15, -0.1) is 0 Å². The predicted molar refractivity (Wildman–Crippen MR) is 84.6 cm³/mol. The lowest BCUT2D eigenvalue weighted by atomic mass is 10.2. The molecule has 0 aliphatic rings. The maximum atomic E-state index is 11.7. The number of alkyl carbamates (subject to hydrolysis) is 1. The molecule has 6 nitrogen and oxygen atoms in total. The van der Waals surface area contributed by atoms with Crippen LogP contribution in [0.15, 0.2) is 4.47 Å². The van der Waals surface area contributed by atoms with E-state index < -0.39 is 11.7 Å². The quantitative estimate of drug-likeness (QED) is 0.894. The van der Waals surface area contributed by atoms with Crippen LogP contribution in [0.1, 0.15) is 40.3 Å². The van der Waals surface area contributed by atoms with Crippen LogP contribution in [0.4, 0.5) is 4.79 Å². The van der Waals surface area contributed by atoms with E-state index in [0.717, 1.165) is 10.2 Å². The van der Waals surface area contributed by atoms with Gasteiger partial charge in [-0.2, -0.15) is 5.10 Å². The Labute approximate surface area is 134 Å². The normalized spacial score (nSPS) is 14.5. The Morgan fingerprint density at radius 2 is 1.95 bits per heavy atom. The SMILES string of the molecule is Cc1nn(C)c(OC(C)[C@@H](C)NC(=O)OC(C)(C)C)c1Br. The average Bonchev–Trinajstić information content (AvgIpc) is 2.53. The van der Waals surface area contributed by atoms with Crippen molar-refractivity contribution in [3.05, 3.63) is 10.2 Å². The maximum absolute atomic E-state index is 11.7. The standard InChI is InChI=1S/C14H24BrN3O3/c1-8(16-13(19)21-14(4,5)6)10(3)20-12-11(15)9(2)17-18(12)7/h8,10H,1-7H3,(H,16,19)/t8-,10?/m1/s1. The van der Waals surface area contributed by atoms with Gasteiger partial charge in [-0.3, -0.25) is 0 Å². The zero-order valence-corrected chi connectivity index (χ0v) is 15.2. The van der Waals surface area contributed by atoms with Crippen LogP contribution in [-0.2, 0) is 11.8 Å². The highest BCUT2D eigenvalue weighted by Crippen LogP contribution is 2.28. The monoisotopic (exact) mass is 361 g/mol. The van der Waals surface area contributed by atoms with Crippen molar-refractivity contribution in [3.63, 3.8) is 0 Å². The fourth-order valence-corrected chi connectivity index (χ4v) is 2.06. The van der Waals surface area contributed by atoms with Crippen LogP contribution < -0.4 is 10.1 Å². The van der Waals surface area contributed by atoms with Crippen LogP contribution in [0.25, 0.3) is 0 Å². The van der Waals surface area contributed by atoms with E-state index in [1.165, 1.54) is 0 Å². The summed E-state index contributed by atoms with van der Waals surface area (Å²) < 4.78 is 13.6. The zero-order chi connectivity index (χ0) is 16.4. The van der Waals surface area contributed by atoms with Gasteiger partial charge in [-0.1, -0.05) is 0 Å². The third kappa shape index (κ3) is 5.22. The minimum absolute atomic E-state index is 0.207. The molecule has 1 rings (SSSR count). The largest absolute Gasteiger partial charge is 0.472 e. The van der Waals surface area contributed by atoms with Crippen molar-refractivity contribution in [1.82, 2.24) is 15.1 Å². The summed E-state index contributed by atoms with van der Waals surface area (Å²) in [5.41, 5.74) is 0.336. The second-order valence-electron chi connectivity index (χ2n) is 6.09. The summed E-state index contributed by atoms with van der Waals surface area (Å²) in [5, 5.41) is 7.04. The third-order valence-electron chi connectivity index (χ3n) is 2.85. The van der Waals surface area contributed by atoms with Gasteiger partial charge in [-0.25, -0.2) is 9.48 Å². The molecule has 0 saturated heterocycles. The number of amides is 1. The van der Waals surface area contributed by atoms with Gasteiger partial charge in [0.2, 0.25) is 5.88 Å². The van der Waals surface area contributed by atoms with Crippen LogP contribution in [-0.4, -0.2) is 33.6 Å². The second kappa shape index (κ2) is 6.68. The Kier molecular flexibility index (Phi) is 5.67. The highest BCUT2D eigenvalue weighted by Gasteiger charge is 2.23. The molecule has 1 amide bonds. The van der Waals surface area contributed by atoms with Crippen molar-refractivity contribution in [3.8, 4) is 5.88 Å². The van der Waals surface area contributed by atoms with Crippen molar-refractivity contribution in [1.29, 1.82) is 0 Å². The zero-order valence-electron chi connectivity index (χ0n) is 13.7. The highest BCUT2D eigenvalue weighted by atomic mass is 79.9. The van der Waals surface area contributed by atoms with E-state index in [0.29, 0.717) is 5.88 Å². The molecule has 120 valence electrons. The van der Waals surface area contributed by atoms with Crippen molar-refractivity contribution < 1.29 is 14.3 Å². The number of nitrogens with one attached hydrogen (secondary N) is 1. The first-order valence-corrected chi connectivity index (χ1v) is 7.66. The number of nitrogens with zero attached hydrogens (tertiary/aromatic N) is 2. The first-order valence-electron chi connectivity index (χ1n) is 6.86. The summed E-state index contributed by atoms with van der Waals surface area (Å²) in [6.45, 7) is 11.1. The molecule has 2 atom stereocenters. The van der Waals surface area contributed by atoms with Crippen molar-refractivity contribution in [2.45, 2.75) is 59.3 Å². The smallest absolute Gasteiger partial charge is 0.407 e. The molecule has 1 unspecified atom stereocenters. The van der Waals surface area contributed by atoms with E-state index in [1.54, 1.807) is 4.68 Å². The maximum Gasteiger partial charge on any atom is 0.407 e. The molecule has 7 heteroatoms. The highest BCUT2D eigenvalue weighted by molar-refractivity contribution is 9.10. The Balaban J connectivity index is 2.63. The van der Waals surface area contributed by atoms with Crippen LogP contribution >= 0.6 is 15.9 Å². The van der Waals surface area contributed by atoms with Crippen LogP contribution in [0.5, 0.6) is 5.88 Å². The summed E-state index contributed by atoms with van der Waals surface area (Å²) in [6.07, 6.45) is -0.686. The fraction of sp³-hybridized carbons (Fsp3) is 0.714. The van der Waals surface area contributed by atoms with Crippen LogP contribution in [0, 0.1) is 6.92 Å². The molecule has 0 aliphatic heterocycles. The van der Waals surface area contributed by atoms with E-state index in [-0.39, 0.29) is 12.1 Å². The number of aryl methyl sites for hydroxylation is 2. The molecule has 1 aromatic rings. The van der Waals surface area contributed by atoms with Crippen LogP contribution in [0.2, 0.25) is 0 Å². The molecule has 1 N–H and O–H groups in total.